The van der Waals surface area contributed by atoms with Crippen LogP contribution in [-0.4, -0.2) is 18.0 Å². The van der Waals surface area contributed by atoms with Crippen molar-refractivity contribution in [2.75, 3.05) is 13.1 Å². The lowest BCUT2D eigenvalue weighted by atomic mass is 9.86. The first kappa shape index (κ1) is 16.6. The predicted molar refractivity (Wildman–Crippen MR) is 92.5 cm³/mol. The van der Waals surface area contributed by atoms with E-state index in [1.54, 1.807) is 0 Å². The number of hydrogen-bond donors (Lipinski definition) is 0. The van der Waals surface area contributed by atoms with Gasteiger partial charge in [-0.05, 0) is 42.5 Å². The van der Waals surface area contributed by atoms with Crippen LogP contribution in [-0.2, 0) is 12.0 Å². The van der Waals surface area contributed by atoms with Crippen LogP contribution in [0.3, 0.4) is 0 Å². The average molecular weight is 332 g/mol. The quantitative estimate of drug-likeness (QED) is 0.671. The van der Waals surface area contributed by atoms with Gasteiger partial charge in [0.1, 0.15) is 6.63 Å². The van der Waals surface area contributed by atoms with Crippen molar-refractivity contribution in [3.8, 4) is 0 Å². The number of halogens is 2. The molecule has 0 radical (unpaired) electrons. The average Bonchev–Trinajstić information content (AvgIpc) is 2.38. The number of piperidine rings is 1. The van der Waals surface area contributed by atoms with Crippen molar-refractivity contribution in [2.24, 2.45) is 0 Å². The third-order valence-electron chi connectivity index (χ3n) is 3.97. The molecule has 4 heteroatoms. The molecule has 0 spiro atoms. The fourth-order valence-electron chi connectivity index (χ4n) is 2.70. The van der Waals surface area contributed by atoms with Gasteiger partial charge in [-0.2, -0.15) is 0 Å². The van der Waals surface area contributed by atoms with Crippen molar-refractivity contribution in [1.29, 1.82) is 0 Å². The molecule has 1 heterocycles. The van der Waals surface area contributed by atoms with E-state index in [2.05, 4.69) is 43.9 Å². The summed E-state index contributed by atoms with van der Waals surface area (Å²) in [5, 5.41) is 1.13. The SMILES string of the molecule is CC(C)(C)c1ccc(P(Cl)Cl)c(CN2CCCCC2)c1. The number of likely N-dealkylation sites (tertiary alicyclic amines) is 1. The number of nitrogens with zero attached hydrogens (tertiary/aromatic N) is 1. The van der Waals surface area contributed by atoms with Crippen molar-refractivity contribution in [2.45, 2.75) is 52.0 Å². The molecule has 1 aliphatic rings. The highest BCUT2D eigenvalue weighted by molar-refractivity contribution is 8.08. The van der Waals surface area contributed by atoms with E-state index in [0.717, 1.165) is 11.8 Å². The van der Waals surface area contributed by atoms with E-state index in [4.69, 9.17) is 22.5 Å². The summed E-state index contributed by atoms with van der Waals surface area (Å²) < 4.78 is 0. The van der Waals surface area contributed by atoms with Crippen LogP contribution in [0.4, 0.5) is 0 Å². The number of rotatable bonds is 3. The normalized spacial score (nSPS) is 17.7. The van der Waals surface area contributed by atoms with Crippen LogP contribution in [0.1, 0.15) is 51.2 Å². The lowest BCUT2D eigenvalue weighted by Crippen LogP contribution is -2.31. The monoisotopic (exact) mass is 331 g/mol. The maximum absolute atomic E-state index is 6.20. The van der Waals surface area contributed by atoms with Gasteiger partial charge in [-0.25, -0.2) is 0 Å². The zero-order valence-corrected chi connectivity index (χ0v) is 15.0. The molecule has 1 saturated heterocycles. The summed E-state index contributed by atoms with van der Waals surface area (Å²) in [5.74, 6) is 0. The van der Waals surface area contributed by atoms with E-state index in [-0.39, 0.29) is 5.41 Å². The zero-order valence-electron chi connectivity index (χ0n) is 12.6. The Morgan fingerprint density at radius 3 is 2.30 bits per heavy atom. The molecule has 0 amide bonds. The highest BCUT2D eigenvalue weighted by Gasteiger charge is 2.20. The van der Waals surface area contributed by atoms with Gasteiger partial charge in [0.2, 0.25) is 0 Å². The largest absolute Gasteiger partial charge is 0.299 e. The van der Waals surface area contributed by atoms with E-state index >= 15 is 0 Å². The van der Waals surface area contributed by atoms with Gasteiger partial charge < -0.3 is 0 Å². The Morgan fingerprint density at radius 2 is 1.75 bits per heavy atom. The minimum absolute atomic E-state index is 0.163. The van der Waals surface area contributed by atoms with Gasteiger partial charge in [-0.3, -0.25) is 4.90 Å². The maximum Gasteiger partial charge on any atom is 0.117 e. The highest BCUT2D eigenvalue weighted by atomic mass is 35.9. The summed E-state index contributed by atoms with van der Waals surface area (Å²) in [7, 11) is 0. The molecule has 1 aromatic carbocycles. The first-order valence-corrected chi connectivity index (χ1v) is 10.5. The standard InChI is InChI=1S/C16H24Cl2NP/c1-16(2,3)14-7-8-15(20(17)18)13(11-14)12-19-9-5-4-6-10-19/h7-8,11H,4-6,9-10,12H2,1-3H3. The first-order chi connectivity index (χ1) is 9.38. The summed E-state index contributed by atoms with van der Waals surface area (Å²) in [6, 6.07) is 6.62. The Hall–Kier alpha value is 0.190. The third kappa shape index (κ3) is 4.34. The minimum atomic E-state index is -1.07. The zero-order chi connectivity index (χ0) is 14.8. The van der Waals surface area contributed by atoms with E-state index in [1.165, 1.54) is 43.5 Å². The maximum atomic E-state index is 6.20. The molecule has 0 N–H and O–H groups in total. The van der Waals surface area contributed by atoms with Crippen molar-refractivity contribution >= 4 is 34.4 Å². The number of benzene rings is 1. The van der Waals surface area contributed by atoms with Crippen LogP contribution >= 0.6 is 29.1 Å². The Labute approximate surface area is 134 Å². The fourth-order valence-corrected chi connectivity index (χ4v) is 4.23. The van der Waals surface area contributed by atoms with E-state index in [1.807, 2.05) is 0 Å². The van der Waals surface area contributed by atoms with Crippen molar-refractivity contribution in [1.82, 2.24) is 4.90 Å². The second-order valence-corrected chi connectivity index (χ2v) is 10.2. The van der Waals surface area contributed by atoms with Crippen molar-refractivity contribution in [3.05, 3.63) is 29.3 Å². The summed E-state index contributed by atoms with van der Waals surface area (Å²) in [4.78, 5) is 2.53. The van der Waals surface area contributed by atoms with Gasteiger partial charge in [0.25, 0.3) is 0 Å². The molecule has 112 valence electrons. The van der Waals surface area contributed by atoms with Crippen LogP contribution in [0.5, 0.6) is 0 Å². The molecular weight excluding hydrogens is 308 g/mol. The molecule has 0 saturated carbocycles. The van der Waals surface area contributed by atoms with Crippen LogP contribution in [0.15, 0.2) is 18.2 Å². The van der Waals surface area contributed by atoms with Crippen LogP contribution in [0.2, 0.25) is 0 Å². The minimum Gasteiger partial charge on any atom is -0.299 e. The molecule has 1 fully saturated rings. The molecule has 0 aromatic heterocycles. The van der Waals surface area contributed by atoms with Crippen LogP contribution in [0, 0.1) is 0 Å². The third-order valence-corrected chi connectivity index (χ3v) is 5.86. The Kier molecular flexibility index (Phi) is 5.77. The summed E-state index contributed by atoms with van der Waals surface area (Å²) in [6.45, 7) is 9.04. The summed E-state index contributed by atoms with van der Waals surface area (Å²) >= 11 is 12.4. The van der Waals surface area contributed by atoms with Crippen LogP contribution in [0.25, 0.3) is 0 Å². The second-order valence-electron chi connectivity index (χ2n) is 6.66. The first-order valence-electron chi connectivity index (χ1n) is 7.35. The molecule has 1 aromatic rings. The van der Waals surface area contributed by atoms with Gasteiger partial charge >= 0.3 is 0 Å². The van der Waals surface area contributed by atoms with Crippen molar-refractivity contribution < 1.29 is 0 Å². The summed E-state index contributed by atoms with van der Waals surface area (Å²) in [6.07, 6.45) is 3.98. The second kappa shape index (κ2) is 6.97. The molecule has 0 bridgehead atoms. The van der Waals surface area contributed by atoms with Gasteiger partial charge in [0.15, 0.2) is 0 Å². The molecule has 0 atom stereocenters. The van der Waals surface area contributed by atoms with Gasteiger partial charge in [-0.15, -0.1) is 0 Å². The predicted octanol–water partition coefficient (Wildman–Crippen LogP) is 5.38. The van der Waals surface area contributed by atoms with Gasteiger partial charge in [-0.1, -0.05) is 67.9 Å². The fraction of sp³-hybridized carbons (Fsp3) is 0.625. The number of hydrogen-bond acceptors (Lipinski definition) is 1. The Morgan fingerprint density at radius 1 is 1.10 bits per heavy atom. The molecule has 1 nitrogen and oxygen atoms in total. The van der Waals surface area contributed by atoms with Gasteiger partial charge in [0, 0.05) is 11.8 Å². The molecule has 0 aliphatic carbocycles. The van der Waals surface area contributed by atoms with E-state index in [9.17, 15) is 0 Å². The Balaban J connectivity index is 2.26. The van der Waals surface area contributed by atoms with Gasteiger partial charge in [0.05, 0.1) is 0 Å². The highest BCUT2D eigenvalue weighted by Crippen LogP contribution is 2.46. The van der Waals surface area contributed by atoms with Crippen molar-refractivity contribution in [3.63, 3.8) is 0 Å². The van der Waals surface area contributed by atoms with E-state index in [0.29, 0.717) is 0 Å². The smallest absolute Gasteiger partial charge is 0.117 e. The molecule has 20 heavy (non-hydrogen) atoms. The summed E-state index contributed by atoms with van der Waals surface area (Å²) in [5.41, 5.74) is 2.84. The lowest BCUT2D eigenvalue weighted by Gasteiger charge is -2.28. The molecule has 0 unspecified atom stereocenters. The Bertz CT molecular complexity index is 448. The lowest BCUT2D eigenvalue weighted by molar-refractivity contribution is 0.221. The van der Waals surface area contributed by atoms with Crippen LogP contribution < -0.4 is 5.30 Å². The molecule has 2 rings (SSSR count). The molecular formula is C16H24Cl2NP. The topological polar surface area (TPSA) is 3.24 Å². The molecule has 1 aliphatic heterocycles. The van der Waals surface area contributed by atoms with E-state index < -0.39 is 6.63 Å².